The molecule has 4 heterocycles. The molecule has 382 valence electrons. The lowest BCUT2D eigenvalue weighted by Crippen LogP contribution is -2.64. The van der Waals surface area contributed by atoms with Gasteiger partial charge in [-0.3, -0.25) is 9.59 Å². The number of nitrogens with zero attached hydrogens (tertiary/aromatic N) is 5. The van der Waals surface area contributed by atoms with Gasteiger partial charge in [0.25, 0.3) is 20.0 Å². The van der Waals surface area contributed by atoms with Crippen molar-refractivity contribution in [3.05, 3.63) is 155 Å². The van der Waals surface area contributed by atoms with Gasteiger partial charge in [0, 0.05) is 61.1 Å². The second-order valence-electron chi connectivity index (χ2n) is 20.3. The summed E-state index contributed by atoms with van der Waals surface area (Å²) in [6.45, 7) is 14.7. The van der Waals surface area contributed by atoms with Crippen molar-refractivity contribution in [1.29, 1.82) is 15.3 Å². The van der Waals surface area contributed by atoms with Crippen LogP contribution in [-0.4, -0.2) is 49.7 Å². The van der Waals surface area contributed by atoms with Crippen molar-refractivity contribution in [1.82, 2.24) is 18.6 Å². The topological polar surface area (TPSA) is 210 Å². The highest BCUT2D eigenvalue weighted by molar-refractivity contribution is 7.92. The predicted octanol–water partition coefficient (Wildman–Crippen LogP) is 9.32. The van der Waals surface area contributed by atoms with Crippen LogP contribution in [0, 0.1) is 50.9 Å². The molecule has 0 aliphatic carbocycles. The van der Waals surface area contributed by atoms with Gasteiger partial charge in [0.1, 0.15) is 55.0 Å². The second kappa shape index (κ2) is 21.4. The molecule has 19 heteroatoms. The number of hydrogen-bond donors (Lipinski definition) is 5. The van der Waals surface area contributed by atoms with Crippen LogP contribution in [0.3, 0.4) is 0 Å². The smallest absolute Gasteiger partial charge is 0.272 e. The van der Waals surface area contributed by atoms with Gasteiger partial charge in [-0.25, -0.2) is 35.5 Å². The van der Waals surface area contributed by atoms with Gasteiger partial charge in [-0.1, -0.05) is 109 Å². The number of nitrogens with one attached hydrogen (secondary N) is 5. The number of carbonyl (C=O) groups excluding carboxylic acids is 2. The zero-order chi connectivity index (χ0) is 53.2. The van der Waals surface area contributed by atoms with Crippen molar-refractivity contribution in [3.8, 4) is 12.1 Å². The Labute approximate surface area is 428 Å². The lowest BCUT2D eigenvalue weighted by Gasteiger charge is -2.40. The van der Waals surface area contributed by atoms with Crippen molar-refractivity contribution in [2.45, 2.75) is 101 Å². The number of rotatable bonds is 9. The molecule has 4 aromatic carbocycles. The van der Waals surface area contributed by atoms with E-state index < -0.39 is 51.5 Å². The van der Waals surface area contributed by atoms with Crippen LogP contribution in [0.4, 0.5) is 20.2 Å². The summed E-state index contributed by atoms with van der Waals surface area (Å²) in [6, 6.07) is 31.4. The number of hydrogen-bond acceptors (Lipinski definition) is 8. The van der Waals surface area contributed by atoms with Gasteiger partial charge in [0.2, 0.25) is 0 Å². The van der Waals surface area contributed by atoms with Crippen LogP contribution in [0.5, 0.6) is 0 Å². The molecule has 5 N–H and O–H groups in total. The molecule has 2 aliphatic rings. The number of aromatic nitrogens is 2. The zero-order valence-corrected chi connectivity index (χ0v) is 45.1. The third-order valence-electron chi connectivity index (χ3n) is 13.6. The Morgan fingerprint density at radius 2 is 1.12 bits per heavy atom. The molecule has 2 aromatic heterocycles. The quantitative estimate of drug-likeness (QED) is 0.0891. The first-order chi connectivity index (χ1) is 34.4. The van der Waals surface area contributed by atoms with Gasteiger partial charge >= 0.3 is 0 Å². The van der Waals surface area contributed by atoms with E-state index in [1.165, 1.54) is 24.3 Å². The normalized spacial score (nSPS) is 19.7. The van der Waals surface area contributed by atoms with E-state index in [4.69, 9.17) is 14.1 Å². The molecule has 0 spiro atoms. The van der Waals surface area contributed by atoms with Crippen LogP contribution >= 0.6 is 0 Å². The molecule has 0 saturated heterocycles. The van der Waals surface area contributed by atoms with Crippen LogP contribution in [0.15, 0.2) is 123 Å². The highest BCUT2D eigenvalue weighted by atomic mass is 32.2. The fourth-order valence-electron chi connectivity index (χ4n) is 9.72. The molecule has 8 rings (SSSR count). The maximum Gasteiger partial charge on any atom is 0.272 e. The number of fused-ring (bicyclic) bond motifs is 2. The number of aryl methyl sites for hydroxylation is 2. The Morgan fingerprint density at radius 3 is 1.53 bits per heavy atom. The van der Waals surface area contributed by atoms with Crippen LogP contribution < -0.4 is 30.5 Å². The molecule has 0 radical (unpaired) electrons. The van der Waals surface area contributed by atoms with Gasteiger partial charge in [0.15, 0.2) is 0 Å². The number of amides is 2. The van der Waals surface area contributed by atoms with Gasteiger partial charge in [-0.05, 0) is 89.3 Å². The highest BCUT2D eigenvalue weighted by Crippen LogP contribution is 2.40. The number of anilines is 2. The minimum absolute atomic E-state index is 0.0890. The number of nitriles is 2. The summed E-state index contributed by atoms with van der Waals surface area (Å²) in [4.78, 5) is 27.6. The van der Waals surface area contributed by atoms with E-state index in [2.05, 4.69) is 79.0 Å². The van der Waals surface area contributed by atoms with E-state index in [9.17, 15) is 27.8 Å². The molecule has 6 aromatic rings. The molecule has 2 amide bonds. The van der Waals surface area contributed by atoms with E-state index in [1.807, 2.05) is 56.3 Å². The summed E-state index contributed by atoms with van der Waals surface area (Å²) < 4.78 is 79.9. The Hall–Kier alpha value is -6.74. The van der Waals surface area contributed by atoms with Crippen molar-refractivity contribution in [3.63, 3.8) is 0 Å². The van der Waals surface area contributed by atoms with E-state index in [1.54, 1.807) is 41.7 Å². The third-order valence-corrected chi connectivity index (χ3v) is 23.4. The summed E-state index contributed by atoms with van der Waals surface area (Å²) in [6.07, 6.45) is 5.68. The molecular formula is C54H62F2N10O4S2Si. The Balaban J connectivity index is 0.000000239. The summed E-state index contributed by atoms with van der Waals surface area (Å²) in [5.41, 5.74) is 2.21. The molecule has 0 saturated carbocycles. The summed E-state index contributed by atoms with van der Waals surface area (Å²) >= 11 is 0. The van der Waals surface area contributed by atoms with Gasteiger partial charge < -0.3 is 19.8 Å². The number of benzene rings is 4. The van der Waals surface area contributed by atoms with Gasteiger partial charge in [-0.15, -0.1) is 0 Å². The van der Waals surface area contributed by atoms with Crippen LogP contribution in [0.25, 0.3) is 0 Å². The number of carbonyl (C=O) groups is 2. The van der Waals surface area contributed by atoms with Crippen molar-refractivity contribution >= 4 is 61.6 Å². The molecule has 0 bridgehead atoms. The summed E-state index contributed by atoms with van der Waals surface area (Å²) in [5.74, 6) is -1.84. The molecule has 0 fully saturated rings. The fraction of sp³-hybridized carbons (Fsp3) is 0.333. The molecule has 14 nitrogen and oxygen atoms in total. The predicted molar refractivity (Wildman–Crippen MR) is 285 cm³/mol. The molecule has 73 heavy (non-hydrogen) atoms. The Kier molecular flexibility index (Phi) is 15.8. The van der Waals surface area contributed by atoms with Crippen molar-refractivity contribution < 1.29 is 26.8 Å². The van der Waals surface area contributed by atoms with Crippen LogP contribution in [-0.2, 0) is 46.8 Å². The lowest BCUT2D eigenvalue weighted by atomic mass is 9.97. The highest BCUT2D eigenvalue weighted by Gasteiger charge is 2.51. The van der Waals surface area contributed by atoms with Crippen LogP contribution in [0.2, 0.25) is 5.04 Å². The molecular weight excluding hydrogens is 983 g/mol. The van der Waals surface area contributed by atoms with Gasteiger partial charge in [0.05, 0.1) is 20.9 Å². The Morgan fingerprint density at radius 1 is 0.712 bits per heavy atom. The number of halogens is 2. The zero-order valence-electron chi connectivity index (χ0n) is 42.5. The van der Waals surface area contributed by atoms with E-state index >= 15 is 4.21 Å². The monoisotopic (exact) mass is 1040 g/mol. The molecule has 4 atom stereocenters. The van der Waals surface area contributed by atoms with E-state index in [0.29, 0.717) is 63.7 Å². The Bertz CT molecular complexity index is 3360. The summed E-state index contributed by atoms with van der Waals surface area (Å²) in [7, 11) is -6.29. The molecule has 2 unspecified atom stereocenters. The minimum atomic E-state index is -3.30. The maximum atomic E-state index is 15.8. The largest absolute Gasteiger partial charge is 0.345 e. The minimum Gasteiger partial charge on any atom is -0.345 e. The average Bonchev–Trinajstić information content (AvgIpc) is 3.79. The van der Waals surface area contributed by atoms with E-state index in [-0.39, 0.29) is 45.8 Å². The first-order valence-corrected chi connectivity index (χ1v) is 29.1. The average molecular weight is 1050 g/mol. The fourth-order valence-corrected chi connectivity index (χ4v) is 20.8. The first-order valence-electron chi connectivity index (χ1n) is 24.1. The maximum absolute atomic E-state index is 15.8. The standard InChI is InChI=1S/C35H40FN5O2SSi.C19H22FN5O2S/c1-24(2)31-20-18-29-32(23-41(6)33(29)34(42)38-26-17-19-30(36)25(21-26)22-37)44(43,39-31)40-45(35(3,4)5,27-13-9-7-10-14-27)28-15-11-8-12-16-28;1-11(2)16-7-5-14-17(28(22,27)24-16)10-25(3)18(14)19(26)23-13-4-6-15(20)12(8-13)9-21/h7-17,19,21,23-24,31H,18,20H2,1-6H3,(H,38,42)(H,39,40,43);4,6,8,10-11,16H,5,7H2,1-3H3,(H,23,26)(H2,22,24,27)/t31-,44?;16-,28?/m11/s1. The van der Waals surface area contributed by atoms with Crippen LogP contribution in [0.1, 0.15) is 105 Å². The first kappa shape index (κ1) is 54.0. The third kappa shape index (κ3) is 11.0. The van der Waals surface area contributed by atoms with Gasteiger partial charge in [-0.2, -0.15) is 10.5 Å². The van der Waals surface area contributed by atoms with Crippen molar-refractivity contribution in [2.24, 2.45) is 30.0 Å². The molecule has 2 aliphatic heterocycles. The van der Waals surface area contributed by atoms with E-state index in [0.717, 1.165) is 22.5 Å². The lowest BCUT2D eigenvalue weighted by molar-refractivity contribution is 0.101. The summed E-state index contributed by atoms with van der Waals surface area (Å²) in [5, 5.41) is 25.5. The van der Waals surface area contributed by atoms with Crippen molar-refractivity contribution in [2.75, 3.05) is 10.6 Å². The second-order valence-corrected chi connectivity index (χ2v) is 28.6. The SMILES string of the molecule is CC(C)[C@H]1CCc2c(cn(C)c2C(=O)Nc2ccc(F)c(C#N)c2)S(=N)(=O)N1.CC(C)[C@H]1CCc2c(cn(C)c2C(=O)Nc2ccc(F)c(C#N)c2)S(=O)(=N[Si](c2ccccc2)(c2ccccc2)C(C)(C)C)N1.